The smallest absolute Gasteiger partial charge is 0.328 e. The Hall–Kier alpha value is -3.22. The van der Waals surface area contributed by atoms with Crippen LogP contribution >= 0.6 is 0 Å². The maximum Gasteiger partial charge on any atom is 0.328 e. The number of ether oxygens (including phenoxy) is 1. The van der Waals surface area contributed by atoms with E-state index in [1.807, 2.05) is 12.1 Å². The lowest BCUT2D eigenvalue weighted by molar-refractivity contribution is -0.148. The van der Waals surface area contributed by atoms with E-state index in [1.165, 1.54) is 25.1 Å². The van der Waals surface area contributed by atoms with Crippen LogP contribution < -0.4 is 10.6 Å². The average Bonchev–Trinajstić information content (AvgIpc) is 2.65. The van der Waals surface area contributed by atoms with Gasteiger partial charge in [-0.25, -0.2) is 9.18 Å². The first-order chi connectivity index (χ1) is 13.6. The fraction of sp³-hybridized carbons (Fsp3) is 0.318. The van der Waals surface area contributed by atoms with Crippen LogP contribution in [0.25, 0.3) is 0 Å². The van der Waals surface area contributed by atoms with Crippen LogP contribution in [-0.2, 0) is 19.7 Å². The molecule has 0 aliphatic rings. The molecule has 0 bridgehead atoms. The molecule has 2 N–H and O–H groups in total. The van der Waals surface area contributed by atoms with Crippen molar-refractivity contribution in [3.05, 3.63) is 65.5 Å². The molecule has 1 atom stereocenters. The van der Waals surface area contributed by atoms with Crippen LogP contribution in [-0.4, -0.2) is 30.4 Å². The lowest BCUT2D eigenvalue weighted by atomic mass is 9.86. The molecule has 0 aliphatic carbocycles. The molecular weight excluding hydrogens is 375 g/mol. The highest BCUT2D eigenvalue weighted by atomic mass is 19.1. The van der Waals surface area contributed by atoms with Crippen molar-refractivity contribution in [3.8, 4) is 0 Å². The number of anilines is 1. The number of halogens is 1. The predicted octanol–water partition coefficient (Wildman–Crippen LogP) is 3.42. The molecule has 0 aliphatic heterocycles. The number of carbonyl (C=O) groups is 3. The molecule has 0 saturated carbocycles. The normalized spacial score (nSPS) is 12.0. The maximum absolute atomic E-state index is 13.1. The Labute approximate surface area is 169 Å². The SMILES string of the molecule is C[C@H](NC(=O)c1ccc(C(C)(C)C)cc1)C(=O)OCC(=O)Nc1cccc(F)c1. The minimum Gasteiger partial charge on any atom is -0.454 e. The van der Waals surface area contributed by atoms with Crippen molar-refractivity contribution < 1.29 is 23.5 Å². The van der Waals surface area contributed by atoms with E-state index >= 15 is 0 Å². The Kier molecular flexibility index (Phi) is 7.09. The van der Waals surface area contributed by atoms with E-state index in [2.05, 4.69) is 31.4 Å². The van der Waals surface area contributed by atoms with Gasteiger partial charge in [0.05, 0.1) is 0 Å². The summed E-state index contributed by atoms with van der Waals surface area (Å²) in [5.41, 5.74) is 1.73. The van der Waals surface area contributed by atoms with Crippen molar-refractivity contribution in [2.24, 2.45) is 0 Å². The van der Waals surface area contributed by atoms with Crippen LogP contribution in [0.5, 0.6) is 0 Å². The Bertz CT molecular complexity index is 888. The van der Waals surface area contributed by atoms with E-state index in [4.69, 9.17) is 4.74 Å². The van der Waals surface area contributed by atoms with Crippen molar-refractivity contribution in [1.82, 2.24) is 5.32 Å². The molecule has 0 fully saturated rings. The lowest BCUT2D eigenvalue weighted by Crippen LogP contribution is -2.40. The van der Waals surface area contributed by atoms with Gasteiger partial charge in [0.15, 0.2) is 6.61 Å². The summed E-state index contributed by atoms with van der Waals surface area (Å²) < 4.78 is 18.0. The zero-order valence-corrected chi connectivity index (χ0v) is 16.9. The van der Waals surface area contributed by atoms with Gasteiger partial charge in [-0.15, -0.1) is 0 Å². The summed E-state index contributed by atoms with van der Waals surface area (Å²) in [5, 5.41) is 4.96. The molecule has 0 spiro atoms. The predicted molar refractivity (Wildman–Crippen MR) is 108 cm³/mol. The Morgan fingerprint density at radius 3 is 2.31 bits per heavy atom. The van der Waals surface area contributed by atoms with Gasteiger partial charge in [0.1, 0.15) is 11.9 Å². The summed E-state index contributed by atoms with van der Waals surface area (Å²) in [7, 11) is 0. The standard InChI is InChI=1S/C22H25FN2O4/c1-14(24-20(27)15-8-10-16(11-9-15)22(2,3)4)21(28)29-13-19(26)25-18-7-5-6-17(23)12-18/h5-12,14H,13H2,1-4H3,(H,24,27)(H,25,26)/t14-/m0/s1. The first kappa shape index (κ1) is 22.1. The van der Waals surface area contributed by atoms with E-state index in [9.17, 15) is 18.8 Å². The van der Waals surface area contributed by atoms with E-state index in [1.54, 1.807) is 12.1 Å². The highest BCUT2D eigenvalue weighted by Crippen LogP contribution is 2.22. The van der Waals surface area contributed by atoms with Crippen molar-refractivity contribution in [1.29, 1.82) is 0 Å². The molecule has 2 rings (SSSR count). The summed E-state index contributed by atoms with van der Waals surface area (Å²) in [6.45, 7) is 7.14. The van der Waals surface area contributed by atoms with Gasteiger partial charge in [0.25, 0.3) is 11.8 Å². The Balaban J connectivity index is 1.83. The third kappa shape index (κ3) is 6.71. The molecular formula is C22H25FN2O4. The van der Waals surface area contributed by atoms with Crippen molar-refractivity contribution >= 4 is 23.5 Å². The summed E-state index contributed by atoms with van der Waals surface area (Å²) in [5.74, 6) is -2.27. The maximum atomic E-state index is 13.1. The van der Waals surface area contributed by atoms with E-state index < -0.39 is 36.2 Å². The lowest BCUT2D eigenvalue weighted by Gasteiger charge is -2.19. The van der Waals surface area contributed by atoms with Crippen LogP contribution in [0.15, 0.2) is 48.5 Å². The molecule has 0 radical (unpaired) electrons. The van der Waals surface area contributed by atoms with Crippen LogP contribution in [0.4, 0.5) is 10.1 Å². The molecule has 7 heteroatoms. The van der Waals surface area contributed by atoms with Crippen molar-refractivity contribution in [2.75, 3.05) is 11.9 Å². The van der Waals surface area contributed by atoms with Gasteiger partial charge in [0, 0.05) is 11.3 Å². The van der Waals surface area contributed by atoms with Gasteiger partial charge in [-0.05, 0) is 48.2 Å². The molecule has 0 aromatic heterocycles. The second-order valence-electron chi connectivity index (χ2n) is 7.69. The number of esters is 1. The van der Waals surface area contributed by atoms with E-state index in [0.717, 1.165) is 11.6 Å². The van der Waals surface area contributed by atoms with Gasteiger partial charge in [-0.2, -0.15) is 0 Å². The Morgan fingerprint density at radius 2 is 1.72 bits per heavy atom. The fourth-order valence-corrected chi connectivity index (χ4v) is 2.49. The number of nitrogens with one attached hydrogen (secondary N) is 2. The number of amides is 2. The van der Waals surface area contributed by atoms with Gasteiger partial charge in [-0.3, -0.25) is 9.59 Å². The zero-order valence-electron chi connectivity index (χ0n) is 16.9. The number of carbonyl (C=O) groups excluding carboxylic acids is 3. The third-order valence-corrected chi connectivity index (χ3v) is 4.17. The number of benzene rings is 2. The van der Waals surface area contributed by atoms with Gasteiger partial charge in [-0.1, -0.05) is 39.0 Å². The number of hydrogen-bond acceptors (Lipinski definition) is 4. The fourth-order valence-electron chi connectivity index (χ4n) is 2.49. The average molecular weight is 400 g/mol. The van der Waals surface area contributed by atoms with Crippen LogP contribution in [0, 0.1) is 5.82 Å². The summed E-state index contributed by atoms with van der Waals surface area (Å²) in [4.78, 5) is 36.1. The van der Waals surface area contributed by atoms with Crippen molar-refractivity contribution in [3.63, 3.8) is 0 Å². The highest BCUT2D eigenvalue weighted by Gasteiger charge is 2.20. The quantitative estimate of drug-likeness (QED) is 0.728. The monoisotopic (exact) mass is 400 g/mol. The first-order valence-corrected chi connectivity index (χ1v) is 9.20. The largest absolute Gasteiger partial charge is 0.454 e. The molecule has 0 heterocycles. The number of rotatable bonds is 6. The molecule has 0 unspecified atom stereocenters. The van der Waals surface area contributed by atoms with Crippen LogP contribution in [0.1, 0.15) is 43.6 Å². The first-order valence-electron chi connectivity index (χ1n) is 9.20. The molecule has 2 aromatic carbocycles. The van der Waals surface area contributed by atoms with Gasteiger partial charge in [0.2, 0.25) is 0 Å². The van der Waals surface area contributed by atoms with E-state index in [0.29, 0.717) is 5.56 Å². The summed E-state index contributed by atoms with van der Waals surface area (Å²) >= 11 is 0. The number of hydrogen-bond donors (Lipinski definition) is 2. The topological polar surface area (TPSA) is 84.5 Å². The van der Waals surface area contributed by atoms with Gasteiger partial charge >= 0.3 is 5.97 Å². The second-order valence-corrected chi connectivity index (χ2v) is 7.69. The summed E-state index contributed by atoms with van der Waals surface area (Å²) in [6, 6.07) is 11.5. The minimum absolute atomic E-state index is 0.0296. The molecule has 154 valence electrons. The zero-order chi connectivity index (χ0) is 21.6. The molecule has 0 saturated heterocycles. The second kappa shape index (κ2) is 9.32. The summed E-state index contributed by atoms with van der Waals surface area (Å²) in [6.07, 6.45) is 0. The van der Waals surface area contributed by atoms with Crippen LogP contribution in [0.2, 0.25) is 0 Å². The van der Waals surface area contributed by atoms with Crippen molar-refractivity contribution in [2.45, 2.75) is 39.2 Å². The highest BCUT2D eigenvalue weighted by molar-refractivity contribution is 5.97. The third-order valence-electron chi connectivity index (χ3n) is 4.17. The van der Waals surface area contributed by atoms with E-state index in [-0.39, 0.29) is 11.1 Å². The van der Waals surface area contributed by atoms with Crippen LogP contribution in [0.3, 0.4) is 0 Å². The minimum atomic E-state index is -0.938. The molecule has 29 heavy (non-hydrogen) atoms. The van der Waals surface area contributed by atoms with Gasteiger partial charge < -0.3 is 15.4 Å². The Morgan fingerprint density at radius 1 is 1.07 bits per heavy atom. The molecule has 6 nitrogen and oxygen atoms in total. The molecule has 2 aromatic rings. The molecule has 2 amide bonds.